The van der Waals surface area contributed by atoms with E-state index in [1.54, 1.807) is 25.2 Å². The highest BCUT2D eigenvalue weighted by atomic mass is 32.1. The van der Waals surface area contributed by atoms with Gasteiger partial charge in [-0.25, -0.2) is 9.50 Å². The topological polar surface area (TPSA) is 63.4 Å². The Hall–Kier alpha value is -2.49. The van der Waals surface area contributed by atoms with Crippen LogP contribution in [0, 0.1) is 13.8 Å². The van der Waals surface area contributed by atoms with Crippen molar-refractivity contribution in [2.24, 2.45) is 0 Å². The van der Waals surface area contributed by atoms with Crippen LogP contribution in [0.15, 0.2) is 16.8 Å². The van der Waals surface area contributed by atoms with Crippen molar-refractivity contribution in [3.8, 4) is 0 Å². The Morgan fingerprint density at radius 3 is 2.79 bits per heavy atom. The van der Waals surface area contributed by atoms with E-state index in [2.05, 4.69) is 20.4 Å². The number of nitrogens with zero attached hydrogens (tertiary/aromatic N) is 5. The number of halogens is 3. The van der Waals surface area contributed by atoms with Crippen molar-refractivity contribution < 1.29 is 18.0 Å². The molecular weight excluding hydrogens is 391 g/mol. The van der Waals surface area contributed by atoms with Crippen molar-refractivity contribution in [3.05, 3.63) is 45.2 Å². The van der Waals surface area contributed by atoms with Crippen LogP contribution in [0.1, 0.15) is 47.2 Å². The lowest BCUT2D eigenvalue weighted by molar-refractivity contribution is -0.144. The predicted molar refractivity (Wildman–Crippen MR) is 97.0 cm³/mol. The van der Waals surface area contributed by atoms with Crippen LogP contribution in [0.4, 0.5) is 13.2 Å². The van der Waals surface area contributed by atoms with E-state index < -0.39 is 12.0 Å². The van der Waals surface area contributed by atoms with E-state index in [1.165, 1.54) is 0 Å². The molecule has 4 heterocycles. The molecule has 3 aromatic heterocycles. The molecule has 0 radical (unpaired) electrons. The van der Waals surface area contributed by atoms with Crippen molar-refractivity contribution in [1.29, 1.82) is 0 Å². The number of fused-ring (bicyclic) bond motifs is 1. The van der Waals surface area contributed by atoms with Crippen molar-refractivity contribution in [2.45, 2.75) is 45.3 Å². The van der Waals surface area contributed by atoms with Crippen LogP contribution in [0.25, 0.3) is 5.78 Å². The van der Waals surface area contributed by atoms with Crippen LogP contribution in [0.3, 0.4) is 0 Å². The van der Waals surface area contributed by atoms with Crippen molar-refractivity contribution in [2.75, 3.05) is 6.54 Å². The lowest BCUT2D eigenvalue weighted by Crippen LogP contribution is -2.32. The fourth-order valence-electron chi connectivity index (χ4n) is 3.71. The molecule has 1 aliphatic heterocycles. The van der Waals surface area contributed by atoms with E-state index in [4.69, 9.17) is 0 Å². The molecule has 1 fully saturated rings. The minimum atomic E-state index is -4.65. The standard InChI is InChI=1S/C18H18F3N5OS/c1-10-13(11(2)26-17(22-10)23-16(24-26)18(19,20)21)8-15(27)25-6-3-4-14(25)12-5-7-28-9-12/h5,7,9,14H,3-4,6,8H2,1-2H3/t14-/m0/s1. The highest BCUT2D eigenvalue weighted by Crippen LogP contribution is 2.34. The van der Waals surface area contributed by atoms with E-state index in [0.29, 0.717) is 23.5 Å². The molecule has 0 N–H and O–H groups in total. The molecule has 0 bridgehead atoms. The van der Waals surface area contributed by atoms with Gasteiger partial charge in [0.25, 0.3) is 11.6 Å². The summed E-state index contributed by atoms with van der Waals surface area (Å²) >= 11 is 1.60. The molecule has 1 saturated heterocycles. The molecule has 4 rings (SSSR count). The highest BCUT2D eigenvalue weighted by Gasteiger charge is 2.37. The SMILES string of the molecule is Cc1nc2nc(C(F)(F)F)nn2c(C)c1CC(=O)N1CCC[C@H]1c1ccsc1. The van der Waals surface area contributed by atoms with Gasteiger partial charge in [0.15, 0.2) is 0 Å². The van der Waals surface area contributed by atoms with Gasteiger partial charge < -0.3 is 4.90 Å². The number of hydrogen-bond donors (Lipinski definition) is 0. The van der Waals surface area contributed by atoms with E-state index in [9.17, 15) is 18.0 Å². The zero-order chi connectivity index (χ0) is 20.1. The second-order valence-corrected chi connectivity index (χ2v) is 7.66. The summed E-state index contributed by atoms with van der Waals surface area (Å²) in [5, 5.41) is 7.58. The highest BCUT2D eigenvalue weighted by molar-refractivity contribution is 7.08. The summed E-state index contributed by atoms with van der Waals surface area (Å²) in [5.74, 6) is -1.41. The van der Waals surface area contributed by atoms with E-state index >= 15 is 0 Å². The van der Waals surface area contributed by atoms with Gasteiger partial charge in [-0.3, -0.25) is 4.79 Å². The van der Waals surface area contributed by atoms with Crippen molar-refractivity contribution >= 4 is 23.0 Å². The van der Waals surface area contributed by atoms with E-state index in [1.807, 2.05) is 16.3 Å². The van der Waals surface area contributed by atoms with E-state index in [0.717, 1.165) is 22.9 Å². The molecule has 148 valence electrons. The Kier molecular flexibility index (Phi) is 4.60. The lowest BCUT2D eigenvalue weighted by Gasteiger charge is -2.25. The molecule has 0 aromatic carbocycles. The maximum absolute atomic E-state index is 13.0. The summed E-state index contributed by atoms with van der Waals surface area (Å²) in [7, 11) is 0. The fraction of sp³-hybridized carbons (Fsp3) is 0.444. The number of alkyl halides is 3. The quantitative estimate of drug-likeness (QED) is 0.661. The van der Waals surface area contributed by atoms with Gasteiger partial charge in [-0.15, -0.1) is 5.10 Å². The Balaban J connectivity index is 1.65. The van der Waals surface area contributed by atoms with Gasteiger partial charge in [-0.1, -0.05) is 0 Å². The molecule has 0 saturated carbocycles. The average Bonchev–Trinajstić information content (AvgIpc) is 3.36. The molecular formula is C18H18F3N5OS. The molecule has 10 heteroatoms. The van der Waals surface area contributed by atoms with Crippen LogP contribution in [-0.4, -0.2) is 36.9 Å². The second-order valence-electron chi connectivity index (χ2n) is 6.88. The summed E-state index contributed by atoms with van der Waals surface area (Å²) in [6, 6.07) is 2.08. The van der Waals surface area contributed by atoms with E-state index in [-0.39, 0.29) is 24.1 Å². The van der Waals surface area contributed by atoms with Gasteiger partial charge in [-0.05, 0) is 49.1 Å². The van der Waals surface area contributed by atoms with Crippen LogP contribution < -0.4 is 0 Å². The van der Waals surface area contributed by atoms with Crippen LogP contribution in [-0.2, 0) is 17.4 Å². The Morgan fingerprint density at radius 2 is 2.11 bits per heavy atom. The molecule has 0 spiro atoms. The summed E-state index contributed by atoms with van der Waals surface area (Å²) in [5.41, 5.74) is 2.66. The van der Waals surface area contributed by atoms with Crippen molar-refractivity contribution in [1.82, 2.24) is 24.5 Å². The molecule has 0 unspecified atom stereocenters. The summed E-state index contributed by atoms with van der Waals surface area (Å²) < 4.78 is 39.8. The van der Waals surface area contributed by atoms with Crippen LogP contribution in [0.2, 0.25) is 0 Å². The first-order valence-corrected chi connectivity index (χ1v) is 9.81. The number of rotatable bonds is 3. The number of aromatic nitrogens is 4. The Morgan fingerprint density at radius 1 is 1.32 bits per heavy atom. The Labute approximate surface area is 163 Å². The summed E-state index contributed by atoms with van der Waals surface area (Å²) in [4.78, 5) is 22.5. The van der Waals surface area contributed by atoms with Crippen LogP contribution >= 0.6 is 11.3 Å². The first-order valence-electron chi connectivity index (χ1n) is 8.87. The molecule has 3 aromatic rings. The maximum atomic E-state index is 13.0. The summed E-state index contributed by atoms with van der Waals surface area (Å²) in [6.07, 6.45) is -2.73. The second kappa shape index (κ2) is 6.84. The molecule has 1 amide bonds. The first kappa shape index (κ1) is 18.9. The number of thiophene rings is 1. The molecule has 1 aliphatic rings. The monoisotopic (exact) mass is 409 g/mol. The third-order valence-electron chi connectivity index (χ3n) is 5.13. The van der Waals surface area contributed by atoms with Gasteiger partial charge in [0.1, 0.15) is 0 Å². The third kappa shape index (κ3) is 3.25. The number of amides is 1. The first-order chi connectivity index (χ1) is 13.3. The van der Waals surface area contributed by atoms with Gasteiger partial charge in [0.2, 0.25) is 5.91 Å². The molecule has 28 heavy (non-hydrogen) atoms. The molecule has 0 aliphatic carbocycles. The van der Waals surface area contributed by atoms with Gasteiger partial charge in [0, 0.05) is 23.5 Å². The largest absolute Gasteiger partial charge is 0.453 e. The molecule has 1 atom stereocenters. The predicted octanol–water partition coefficient (Wildman–Crippen LogP) is 3.73. The average molecular weight is 409 g/mol. The fourth-order valence-corrected chi connectivity index (χ4v) is 4.42. The number of likely N-dealkylation sites (tertiary alicyclic amines) is 1. The molecule has 6 nitrogen and oxygen atoms in total. The number of hydrogen-bond acceptors (Lipinski definition) is 5. The lowest BCUT2D eigenvalue weighted by atomic mass is 10.1. The van der Waals surface area contributed by atoms with Crippen molar-refractivity contribution in [3.63, 3.8) is 0 Å². The van der Waals surface area contributed by atoms with Gasteiger partial charge in [0.05, 0.1) is 12.5 Å². The normalized spacial score (nSPS) is 17.6. The van der Waals surface area contributed by atoms with Gasteiger partial charge in [-0.2, -0.15) is 29.5 Å². The minimum absolute atomic E-state index is 0.0549. The van der Waals surface area contributed by atoms with Gasteiger partial charge >= 0.3 is 6.18 Å². The zero-order valence-electron chi connectivity index (χ0n) is 15.3. The van der Waals surface area contributed by atoms with Crippen LogP contribution in [0.5, 0.6) is 0 Å². The third-order valence-corrected chi connectivity index (χ3v) is 5.83. The minimum Gasteiger partial charge on any atom is -0.335 e. The smallest absolute Gasteiger partial charge is 0.335 e. The maximum Gasteiger partial charge on any atom is 0.453 e. The number of carbonyl (C=O) groups is 1. The zero-order valence-corrected chi connectivity index (χ0v) is 16.1. The summed E-state index contributed by atoms with van der Waals surface area (Å²) in [6.45, 7) is 3.99. The number of aryl methyl sites for hydroxylation is 2. The number of carbonyl (C=O) groups excluding carboxylic acids is 1. The Bertz CT molecular complexity index is 1030.